The number of carbonyl (C=O) groups excluding carboxylic acids is 2. The summed E-state index contributed by atoms with van der Waals surface area (Å²) in [5.41, 5.74) is 6.47. The zero-order chi connectivity index (χ0) is 14.5. The van der Waals surface area contributed by atoms with Crippen LogP contribution in [0.15, 0.2) is 34.9 Å². The molecule has 1 atom stereocenters. The summed E-state index contributed by atoms with van der Waals surface area (Å²) in [6, 6.07) is 7.15. The van der Waals surface area contributed by atoms with Gasteiger partial charge < -0.3 is 15.5 Å². The van der Waals surface area contributed by atoms with Gasteiger partial charge in [-0.2, -0.15) is 0 Å². The van der Waals surface area contributed by atoms with Gasteiger partial charge in [0.1, 0.15) is 5.58 Å². The topological polar surface area (TPSA) is 85.3 Å². The Morgan fingerprint density at radius 2 is 2.15 bits per heavy atom. The fourth-order valence-electron chi connectivity index (χ4n) is 2.04. The molecule has 0 aliphatic rings. The minimum atomic E-state index is -0.306. The zero-order valence-corrected chi connectivity index (χ0v) is 11.4. The number of primary amides is 1. The molecule has 0 aliphatic carbocycles. The highest BCUT2D eigenvalue weighted by molar-refractivity contribution is 6.05. The van der Waals surface area contributed by atoms with Crippen molar-refractivity contribution in [3.63, 3.8) is 0 Å². The molecular formula is C15H18N2O3. The summed E-state index contributed by atoms with van der Waals surface area (Å²) in [4.78, 5) is 23.0. The van der Waals surface area contributed by atoms with Gasteiger partial charge >= 0.3 is 0 Å². The number of rotatable bonds is 6. The summed E-state index contributed by atoms with van der Waals surface area (Å²) in [5.74, 6) is -0.604. The smallest absolute Gasteiger partial charge is 0.252 e. The van der Waals surface area contributed by atoms with Gasteiger partial charge in [0.15, 0.2) is 0 Å². The molecule has 2 amide bonds. The van der Waals surface area contributed by atoms with E-state index in [1.807, 2.05) is 6.07 Å². The molecule has 0 fully saturated rings. The maximum absolute atomic E-state index is 12.1. The second kappa shape index (κ2) is 6.23. The predicted octanol–water partition coefficient (Wildman–Crippen LogP) is 2.06. The second-order valence-corrected chi connectivity index (χ2v) is 4.84. The van der Waals surface area contributed by atoms with Crippen LogP contribution < -0.4 is 11.1 Å². The molecule has 2 aromatic rings. The molecule has 3 N–H and O–H groups in total. The first-order valence-electron chi connectivity index (χ1n) is 6.63. The van der Waals surface area contributed by atoms with Crippen LogP contribution in [0.25, 0.3) is 11.0 Å². The summed E-state index contributed by atoms with van der Waals surface area (Å²) in [7, 11) is 0. The van der Waals surface area contributed by atoms with Crippen molar-refractivity contribution in [2.75, 3.05) is 6.54 Å². The Morgan fingerprint density at radius 3 is 2.90 bits per heavy atom. The van der Waals surface area contributed by atoms with Crippen molar-refractivity contribution >= 4 is 22.8 Å². The molecule has 5 nitrogen and oxygen atoms in total. The lowest BCUT2D eigenvalue weighted by Crippen LogP contribution is -2.26. The highest BCUT2D eigenvalue weighted by Gasteiger charge is 2.12. The number of nitrogens with two attached hydrogens (primary N) is 1. The van der Waals surface area contributed by atoms with Crippen LogP contribution in [0.1, 0.15) is 30.1 Å². The first kappa shape index (κ1) is 14.1. The van der Waals surface area contributed by atoms with Gasteiger partial charge in [-0.1, -0.05) is 13.0 Å². The largest absolute Gasteiger partial charge is 0.464 e. The van der Waals surface area contributed by atoms with E-state index in [9.17, 15) is 9.59 Å². The Kier molecular flexibility index (Phi) is 4.40. The standard InChI is InChI=1S/C15H18N2O3/c1-10(14(16)18)4-3-8-17-15(19)12-5-2-6-13-11(12)7-9-20-13/h2,5-7,9-10H,3-4,8H2,1H3,(H2,16,18)(H,17,19)/t10-/m1/s1. The number of nitrogens with one attached hydrogen (secondary N) is 1. The maximum atomic E-state index is 12.1. The van der Waals surface area contributed by atoms with E-state index in [-0.39, 0.29) is 17.7 Å². The molecule has 0 unspecified atom stereocenters. The van der Waals surface area contributed by atoms with E-state index in [1.54, 1.807) is 31.4 Å². The second-order valence-electron chi connectivity index (χ2n) is 4.84. The van der Waals surface area contributed by atoms with Crippen molar-refractivity contribution in [2.45, 2.75) is 19.8 Å². The summed E-state index contributed by atoms with van der Waals surface area (Å²) in [5, 5.41) is 3.64. The van der Waals surface area contributed by atoms with E-state index >= 15 is 0 Å². The van der Waals surface area contributed by atoms with Gasteiger partial charge in [-0.15, -0.1) is 0 Å². The maximum Gasteiger partial charge on any atom is 0.252 e. The molecule has 0 bridgehead atoms. The van der Waals surface area contributed by atoms with Crippen molar-refractivity contribution < 1.29 is 14.0 Å². The Hall–Kier alpha value is -2.30. The molecule has 1 aromatic heterocycles. The van der Waals surface area contributed by atoms with E-state index in [1.165, 1.54) is 0 Å². The van der Waals surface area contributed by atoms with Crippen LogP contribution in [-0.2, 0) is 4.79 Å². The van der Waals surface area contributed by atoms with Crippen LogP contribution >= 0.6 is 0 Å². The highest BCUT2D eigenvalue weighted by Crippen LogP contribution is 2.19. The summed E-state index contributed by atoms with van der Waals surface area (Å²) in [6.07, 6.45) is 2.96. The number of hydrogen-bond acceptors (Lipinski definition) is 3. The van der Waals surface area contributed by atoms with E-state index < -0.39 is 0 Å². The number of benzene rings is 1. The minimum Gasteiger partial charge on any atom is -0.464 e. The lowest BCUT2D eigenvalue weighted by atomic mass is 10.1. The van der Waals surface area contributed by atoms with Crippen LogP contribution in [0, 0.1) is 5.92 Å². The zero-order valence-electron chi connectivity index (χ0n) is 11.4. The highest BCUT2D eigenvalue weighted by atomic mass is 16.3. The molecule has 0 aliphatic heterocycles. The molecule has 2 rings (SSSR count). The van der Waals surface area contributed by atoms with Crippen molar-refractivity contribution in [3.05, 3.63) is 36.1 Å². The van der Waals surface area contributed by atoms with Gasteiger partial charge in [0.2, 0.25) is 5.91 Å². The number of carbonyl (C=O) groups is 2. The lowest BCUT2D eigenvalue weighted by molar-refractivity contribution is -0.121. The van der Waals surface area contributed by atoms with E-state index in [2.05, 4.69) is 5.32 Å². The first-order chi connectivity index (χ1) is 9.59. The van der Waals surface area contributed by atoms with E-state index in [0.29, 0.717) is 24.1 Å². The number of furan rings is 1. The van der Waals surface area contributed by atoms with Gasteiger partial charge in [0.25, 0.3) is 5.91 Å². The average Bonchev–Trinajstić information content (AvgIpc) is 2.90. The Labute approximate surface area is 117 Å². The van der Waals surface area contributed by atoms with Gasteiger partial charge in [-0.3, -0.25) is 9.59 Å². The summed E-state index contributed by atoms with van der Waals surface area (Å²) >= 11 is 0. The Bertz CT molecular complexity index is 618. The number of amides is 2. The van der Waals surface area contributed by atoms with Gasteiger partial charge in [0, 0.05) is 17.8 Å². The Balaban J connectivity index is 1.89. The third-order valence-corrected chi connectivity index (χ3v) is 3.33. The third-order valence-electron chi connectivity index (χ3n) is 3.33. The Morgan fingerprint density at radius 1 is 1.35 bits per heavy atom. The first-order valence-corrected chi connectivity index (χ1v) is 6.63. The molecule has 1 heterocycles. The number of fused-ring (bicyclic) bond motifs is 1. The molecule has 0 saturated heterocycles. The van der Waals surface area contributed by atoms with Crippen molar-refractivity contribution in [1.29, 1.82) is 0 Å². The normalized spacial score (nSPS) is 12.2. The molecule has 1 aromatic carbocycles. The molecule has 20 heavy (non-hydrogen) atoms. The lowest BCUT2D eigenvalue weighted by Gasteiger charge is -2.08. The SMILES string of the molecule is C[C@H](CCCNC(=O)c1cccc2occc12)C(N)=O. The van der Waals surface area contributed by atoms with Crippen LogP contribution in [0.5, 0.6) is 0 Å². The molecule has 0 radical (unpaired) electrons. The molecular weight excluding hydrogens is 256 g/mol. The van der Waals surface area contributed by atoms with E-state index in [4.69, 9.17) is 10.2 Å². The predicted molar refractivity (Wildman–Crippen MR) is 76.1 cm³/mol. The van der Waals surface area contributed by atoms with Crippen LogP contribution in [0.3, 0.4) is 0 Å². The molecule has 0 spiro atoms. The van der Waals surface area contributed by atoms with Gasteiger partial charge in [-0.05, 0) is 31.0 Å². The van der Waals surface area contributed by atoms with Gasteiger partial charge in [0.05, 0.1) is 11.8 Å². The fraction of sp³-hybridized carbons (Fsp3) is 0.333. The van der Waals surface area contributed by atoms with Crippen molar-refractivity contribution in [2.24, 2.45) is 11.7 Å². The molecule has 0 saturated carbocycles. The molecule has 106 valence electrons. The monoisotopic (exact) mass is 274 g/mol. The summed E-state index contributed by atoms with van der Waals surface area (Å²) in [6.45, 7) is 2.31. The third kappa shape index (κ3) is 3.17. The summed E-state index contributed by atoms with van der Waals surface area (Å²) < 4.78 is 5.26. The van der Waals surface area contributed by atoms with Crippen LogP contribution in [-0.4, -0.2) is 18.4 Å². The number of hydrogen-bond donors (Lipinski definition) is 2. The van der Waals surface area contributed by atoms with Gasteiger partial charge in [-0.25, -0.2) is 0 Å². The van der Waals surface area contributed by atoms with Crippen LogP contribution in [0.4, 0.5) is 0 Å². The fourth-order valence-corrected chi connectivity index (χ4v) is 2.04. The molecule has 5 heteroatoms. The van der Waals surface area contributed by atoms with Crippen molar-refractivity contribution in [1.82, 2.24) is 5.32 Å². The van der Waals surface area contributed by atoms with Crippen molar-refractivity contribution in [3.8, 4) is 0 Å². The average molecular weight is 274 g/mol. The van der Waals surface area contributed by atoms with E-state index in [0.717, 1.165) is 11.8 Å². The quantitative estimate of drug-likeness (QED) is 0.791. The van der Waals surface area contributed by atoms with Crippen LogP contribution in [0.2, 0.25) is 0 Å². The minimum absolute atomic E-state index is 0.135.